The highest BCUT2D eigenvalue weighted by atomic mass is 16.5. The van der Waals surface area contributed by atoms with Crippen molar-refractivity contribution in [3.8, 4) is 5.75 Å². The molecule has 0 aliphatic carbocycles. The first-order valence-corrected chi connectivity index (χ1v) is 7.14. The molecule has 0 aliphatic heterocycles. The van der Waals surface area contributed by atoms with E-state index in [0.29, 0.717) is 5.69 Å². The maximum atomic E-state index is 10.6. The Morgan fingerprint density at radius 1 is 1.22 bits per heavy atom. The molecule has 0 unspecified atom stereocenters. The van der Waals surface area contributed by atoms with Crippen LogP contribution in [0.25, 0.3) is 10.9 Å². The first kappa shape index (κ1) is 16.4. The van der Waals surface area contributed by atoms with Crippen molar-refractivity contribution in [1.29, 1.82) is 0 Å². The average Bonchev–Trinajstić information content (AvgIpc) is 2.99. The molecule has 0 amide bonds. The Balaban J connectivity index is 0.000000167. The van der Waals surface area contributed by atoms with Gasteiger partial charge >= 0.3 is 5.97 Å². The van der Waals surface area contributed by atoms with E-state index in [1.54, 1.807) is 20.1 Å². The van der Waals surface area contributed by atoms with Crippen molar-refractivity contribution >= 4 is 22.6 Å². The Morgan fingerprint density at radius 2 is 1.96 bits per heavy atom. The molecule has 120 valence electrons. The van der Waals surface area contributed by atoms with E-state index in [9.17, 15) is 4.79 Å². The van der Waals surface area contributed by atoms with Crippen molar-refractivity contribution in [2.75, 3.05) is 12.8 Å². The van der Waals surface area contributed by atoms with Crippen LogP contribution in [0.3, 0.4) is 0 Å². The minimum absolute atomic E-state index is 0.188. The van der Waals surface area contributed by atoms with Crippen LogP contribution in [0.5, 0.6) is 5.75 Å². The molecule has 3 aromatic rings. The van der Waals surface area contributed by atoms with Gasteiger partial charge in [0.05, 0.1) is 18.2 Å². The highest BCUT2D eigenvalue weighted by molar-refractivity contribution is 5.94. The fourth-order valence-corrected chi connectivity index (χ4v) is 2.38. The molecule has 0 atom stereocenters. The normalized spacial score (nSPS) is 10.0. The summed E-state index contributed by atoms with van der Waals surface area (Å²) in [7, 11) is 1.68. The van der Waals surface area contributed by atoms with Crippen LogP contribution in [0, 0.1) is 13.8 Å². The van der Waals surface area contributed by atoms with Crippen LogP contribution >= 0.6 is 0 Å². The van der Waals surface area contributed by atoms with Gasteiger partial charge in [-0.05, 0) is 43.2 Å². The predicted molar refractivity (Wildman–Crippen MR) is 92.1 cm³/mol. The van der Waals surface area contributed by atoms with Gasteiger partial charge in [0.2, 0.25) is 0 Å². The van der Waals surface area contributed by atoms with Crippen LogP contribution in [0.2, 0.25) is 0 Å². The van der Waals surface area contributed by atoms with Gasteiger partial charge in [-0.1, -0.05) is 18.2 Å². The third kappa shape index (κ3) is 3.63. The number of aryl methyl sites for hydroxylation is 2. The molecule has 3 rings (SSSR count). The quantitative estimate of drug-likeness (QED) is 0.629. The summed E-state index contributed by atoms with van der Waals surface area (Å²) in [4.78, 5) is 13.8. The van der Waals surface area contributed by atoms with E-state index in [1.165, 1.54) is 5.39 Å². The van der Waals surface area contributed by atoms with Crippen LogP contribution < -0.4 is 10.5 Å². The lowest BCUT2D eigenvalue weighted by atomic mass is 10.0. The van der Waals surface area contributed by atoms with E-state index >= 15 is 0 Å². The number of methoxy groups -OCH3 is 1. The maximum absolute atomic E-state index is 10.6. The molecule has 23 heavy (non-hydrogen) atoms. The summed E-state index contributed by atoms with van der Waals surface area (Å²) in [6.45, 7) is 3.65. The highest BCUT2D eigenvalue weighted by Crippen LogP contribution is 2.22. The number of para-hydroxylation sites is 1. The Hall–Kier alpha value is -2.95. The van der Waals surface area contributed by atoms with Crippen molar-refractivity contribution in [2.45, 2.75) is 13.8 Å². The van der Waals surface area contributed by atoms with Crippen molar-refractivity contribution in [3.63, 3.8) is 0 Å². The number of hydrogen-bond acceptors (Lipinski definition) is 3. The summed E-state index contributed by atoms with van der Waals surface area (Å²) < 4.78 is 5.15. The molecule has 0 aliphatic rings. The number of aromatic nitrogens is 1. The molecule has 1 aromatic heterocycles. The second kappa shape index (κ2) is 6.87. The molecule has 0 bridgehead atoms. The largest absolute Gasteiger partial charge is 0.495 e. The summed E-state index contributed by atoms with van der Waals surface area (Å²) in [5.74, 6) is -0.0770. The number of anilines is 1. The standard InChI is InChI=1S/C9H11NO2.C9H9NO/c1-5-3-6(2)8(10)7(4-5)9(11)12;1-11-8-4-2-3-7-5-6-10-9(7)8/h3-4H,10H2,1-2H3,(H,11,12);2-6,10H,1H3. The van der Waals surface area contributed by atoms with Gasteiger partial charge in [-0.2, -0.15) is 0 Å². The molecule has 0 fully saturated rings. The SMILES string of the molecule is COc1cccc2cc[nH]c12.Cc1cc(C)c(N)c(C(=O)O)c1. The van der Waals surface area contributed by atoms with Crippen LogP contribution in [0.1, 0.15) is 21.5 Å². The molecule has 0 saturated carbocycles. The Labute approximate surface area is 134 Å². The van der Waals surface area contributed by atoms with E-state index in [4.69, 9.17) is 15.6 Å². The lowest BCUT2D eigenvalue weighted by Crippen LogP contribution is -2.04. The van der Waals surface area contributed by atoms with Crippen molar-refractivity contribution < 1.29 is 14.6 Å². The molecule has 0 saturated heterocycles. The molecular weight excluding hydrogens is 292 g/mol. The van der Waals surface area contributed by atoms with Gasteiger partial charge in [0.15, 0.2) is 0 Å². The molecule has 2 aromatic carbocycles. The lowest BCUT2D eigenvalue weighted by molar-refractivity contribution is 0.0698. The van der Waals surface area contributed by atoms with E-state index in [1.807, 2.05) is 43.5 Å². The third-order valence-corrected chi connectivity index (χ3v) is 3.53. The molecule has 0 radical (unpaired) electrons. The topological polar surface area (TPSA) is 88.3 Å². The smallest absolute Gasteiger partial charge is 0.337 e. The highest BCUT2D eigenvalue weighted by Gasteiger charge is 2.09. The number of benzene rings is 2. The zero-order valence-electron chi connectivity index (χ0n) is 13.4. The van der Waals surface area contributed by atoms with Gasteiger partial charge in [-0.15, -0.1) is 0 Å². The van der Waals surface area contributed by atoms with Gasteiger partial charge < -0.3 is 20.6 Å². The van der Waals surface area contributed by atoms with E-state index in [2.05, 4.69) is 4.98 Å². The van der Waals surface area contributed by atoms with Crippen molar-refractivity contribution in [3.05, 3.63) is 59.3 Å². The second-order valence-electron chi connectivity index (χ2n) is 5.25. The second-order valence-corrected chi connectivity index (χ2v) is 5.25. The zero-order valence-corrected chi connectivity index (χ0v) is 13.4. The first-order chi connectivity index (χ1) is 10.9. The third-order valence-electron chi connectivity index (χ3n) is 3.53. The monoisotopic (exact) mass is 312 g/mol. The number of nitrogens with two attached hydrogens (primary N) is 1. The molecule has 5 nitrogen and oxygen atoms in total. The Bertz CT molecular complexity index is 837. The van der Waals surface area contributed by atoms with Gasteiger partial charge in [-0.3, -0.25) is 0 Å². The fraction of sp³-hybridized carbons (Fsp3) is 0.167. The fourth-order valence-electron chi connectivity index (χ4n) is 2.38. The van der Waals surface area contributed by atoms with E-state index in [-0.39, 0.29) is 5.56 Å². The van der Waals surface area contributed by atoms with Gasteiger partial charge in [0, 0.05) is 17.3 Å². The number of rotatable bonds is 2. The number of aromatic carboxylic acids is 1. The number of fused-ring (bicyclic) bond motifs is 1. The first-order valence-electron chi connectivity index (χ1n) is 7.14. The lowest BCUT2D eigenvalue weighted by Gasteiger charge is -2.05. The number of H-pyrrole nitrogens is 1. The number of nitrogens with one attached hydrogen (secondary N) is 1. The summed E-state index contributed by atoms with van der Waals surface area (Å²) >= 11 is 0. The van der Waals surface area contributed by atoms with Crippen LogP contribution in [0.4, 0.5) is 5.69 Å². The number of carboxylic acid groups (broad SMARTS) is 1. The number of carbonyl (C=O) groups is 1. The predicted octanol–water partition coefficient (Wildman–Crippen LogP) is 3.76. The van der Waals surface area contributed by atoms with Crippen molar-refractivity contribution in [2.24, 2.45) is 0 Å². The van der Waals surface area contributed by atoms with E-state index < -0.39 is 5.97 Å². The summed E-state index contributed by atoms with van der Waals surface area (Å²) in [5.41, 5.74) is 8.91. The van der Waals surface area contributed by atoms with E-state index in [0.717, 1.165) is 22.4 Å². The molecule has 5 heteroatoms. The number of aromatic amines is 1. The number of carboxylic acids is 1. The summed E-state index contributed by atoms with van der Waals surface area (Å²) in [6, 6.07) is 11.4. The Kier molecular flexibility index (Phi) is 4.91. The maximum Gasteiger partial charge on any atom is 0.337 e. The van der Waals surface area contributed by atoms with Gasteiger partial charge in [0.1, 0.15) is 5.75 Å². The molecule has 4 N–H and O–H groups in total. The summed E-state index contributed by atoms with van der Waals surface area (Å²) in [6.07, 6.45) is 1.91. The molecular formula is C18H20N2O3. The average molecular weight is 312 g/mol. The Morgan fingerprint density at radius 3 is 2.61 bits per heavy atom. The van der Waals surface area contributed by atoms with Crippen LogP contribution in [-0.2, 0) is 0 Å². The molecule has 0 spiro atoms. The summed E-state index contributed by atoms with van der Waals surface area (Å²) in [5, 5.41) is 9.92. The molecule has 1 heterocycles. The minimum Gasteiger partial charge on any atom is -0.495 e. The number of hydrogen-bond donors (Lipinski definition) is 3. The minimum atomic E-state index is -0.973. The van der Waals surface area contributed by atoms with Gasteiger partial charge in [0.25, 0.3) is 0 Å². The number of ether oxygens (including phenoxy) is 1. The van der Waals surface area contributed by atoms with Gasteiger partial charge in [-0.25, -0.2) is 4.79 Å². The van der Waals surface area contributed by atoms with Crippen LogP contribution in [-0.4, -0.2) is 23.2 Å². The van der Waals surface area contributed by atoms with Crippen molar-refractivity contribution in [1.82, 2.24) is 4.98 Å². The van der Waals surface area contributed by atoms with Crippen LogP contribution in [0.15, 0.2) is 42.6 Å². The number of nitrogen functional groups attached to an aromatic ring is 1. The zero-order chi connectivity index (χ0) is 17.0.